The Kier molecular flexibility index (Phi) is 4.93. The molecule has 2 N–H and O–H groups in total. The Labute approximate surface area is 173 Å². The van der Waals surface area contributed by atoms with E-state index in [0.717, 1.165) is 12.1 Å². The fourth-order valence-corrected chi connectivity index (χ4v) is 3.73. The molecule has 31 heavy (non-hydrogen) atoms. The van der Waals surface area contributed by atoms with Gasteiger partial charge in [0.05, 0.1) is 17.5 Å². The molecule has 2 aromatic carbocycles. The number of carbonyl (C=O) groups excluding carboxylic acids is 1. The number of nitrogens with zero attached hydrogens (tertiary/aromatic N) is 1. The van der Waals surface area contributed by atoms with Crippen molar-refractivity contribution in [3.05, 3.63) is 78.1 Å². The summed E-state index contributed by atoms with van der Waals surface area (Å²) in [5, 5.41) is 11.8. The minimum absolute atomic E-state index is 0.0146. The molecule has 0 atom stereocenters. The van der Waals surface area contributed by atoms with E-state index in [1.807, 2.05) is 0 Å². The van der Waals surface area contributed by atoms with Gasteiger partial charge in [0.15, 0.2) is 0 Å². The molecule has 3 rings (SSSR count). The molecule has 0 unspecified atom stereocenters. The lowest BCUT2D eigenvalue weighted by Crippen LogP contribution is -2.24. The summed E-state index contributed by atoms with van der Waals surface area (Å²) in [6, 6.07) is 9.10. The fourth-order valence-electron chi connectivity index (χ4n) is 3.08. The van der Waals surface area contributed by atoms with Crippen LogP contribution in [0.5, 0.6) is 0 Å². The molecule has 1 heterocycles. The molecule has 0 aliphatic rings. The lowest BCUT2D eigenvalue weighted by molar-refractivity contribution is -0.136. The summed E-state index contributed by atoms with van der Waals surface area (Å²) in [5.74, 6) is -1.77. The van der Waals surface area contributed by atoms with Crippen LogP contribution in [0.3, 0.4) is 0 Å². The number of hydrogen-bond acceptors (Lipinski definition) is 2. The number of carboxylic acid groups (broad SMARTS) is 1. The molecule has 0 saturated carbocycles. The average Bonchev–Trinajstić information content (AvgIpc) is 3.02. The van der Waals surface area contributed by atoms with E-state index in [2.05, 4.69) is 11.9 Å². The molecule has 3 aromatic rings. The van der Waals surface area contributed by atoms with E-state index < -0.39 is 33.4 Å². The van der Waals surface area contributed by atoms with Crippen LogP contribution in [0.25, 0.3) is 10.9 Å². The number of rotatable bonds is 7. The summed E-state index contributed by atoms with van der Waals surface area (Å²) in [4.78, 5) is 21.4. The molecule has 5 nitrogen and oxygen atoms in total. The van der Waals surface area contributed by atoms with Crippen molar-refractivity contribution in [1.82, 2.24) is 9.88 Å². The summed E-state index contributed by atoms with van der Waals surface area (Å²) in [6.07, 6.45) is 1.15. The van der Waals surface area contributed by atoms with Gasteiger partial charge in [0.25, 0.3) is 5.91 Å². The largest absolute Gasteiger partial charge is 0.481 e. The van der Waals surface area contributed by atoms with Crippen LogP contribution in [-0.4, -0.2) is 21.6 Å². The maximum absolute atomic E-state index is 12.9. The Hall–Kier alpha value is -3.34. The van der Waals surface area contributed by atoms with E-state index in [4.69, 9.17) is 5.11 Å². The highest BCUT2D eigenvalue weighted by Gasteiger charge is 2.65. The first-order chi connectivity index (χ1) is 14.1. The second kappa shape index (κ2) is 6.84. The van der Waals surface area contributed by atoms with Crippen LogP contribution in [0.4, 0.5) is 19.4 Å². The molecule has 11 heteroatoms. The zero-order chi connectivity index (χ0) is 23.1. The first-order valence-electron chi connectivity index (χ1n) is 8.76. The van der Waals surface area contributed by atoms with Crippen molar-refractivity contribution in [2.45, 2.75) is 17.9 Å². The minimum Gasteiger partial charge on any atom is -0.481 e. The lowest BCUT2D eigenvalue weighted by Gasteiger charge is -2.40. The number of amides is 1. The average molecular weight is 460 g/mol. The molecule has 0 saturated heterocycles. The lowest BCUT2D eigenvalue weighted by atomic mass is 10.1. The van der Waals surface area contributed by atoms with E-state index in [-0.39, 0.29) is 17.8 Å². The summed E-state index contributed by atoms with van der Waals surface area (Å²) in [6.45, 7) is 3.51. The van der Waals surface area contributed by atoms with Crippen LogP contribution < -0.4 is 5.32 Å². The third kappa shape index (κ3) is 5.23. The van der Waals surface area contributed by atoms with Crippen LogP contribution in [0.1, 0.15) is 22.3 Å². The zero-order valence-electron chi connectivity index (χ0n) is 15.8. The van der Waals surface area contributed by atoms with Gasteiger partial charge in [-0.3, -0.25) is 9.59 Å². The molecule has 0 fully saturated rings. The van der Waals surface area contributed by atoms with Crippen molar-refractivity contribution in [3.63, 3.8) is 0 Å². The topological polar surface area (TPSA) is 71.3 Å². The van der Waals surface area contributed by atoms with Gasteiger partial charge in [0.2, 0.25) is 0 Å². The Balaban J connectivity index is 1.92. The predicted molar refractivity (Wildman–Crippen MR) is 108 cm³/mol. The first-order valence-corrected chi connectivity index (χ1v) is 10.7. The number of aliphatic carboxylic acids is 1. The van der Waals surface area contributed by atoms with Gasteiger partial charge in [-0.15, -0.1) is 0 Å². The van der Waals surface area contributed by atoms with Crippen molar-refractivity contribution in [2.24, 2.45) is 0 Å². The molecule has 1 amide bonds. The number of para-hydroxylation sites is 1. The van der Waals surface area contributed by atoms with E-state index in [1.165, 1.54) is 6.07 Å². The van der Waals surface area contributed by atoms with Crippen LogP contribution >= 0.6 is 10.2 Å². The number of halogens is 5. The number of hydrogen-bond donors (Lipinski definition) is 2. The second-order valence-corrected chi connectivity index (χ2v) is 9.34. The van der Waals surface area contributed by atoms with Gasteiger partial charge >= 0.3 is 16.2 Å². The number of nitrogens with one attached hydrogen (secondary N) is 1. The second-order valence-electron chi connectivity index (χ2n) is 6.93. The van der Waals surface area contributed by atoms with E-state index >= 15 is 0 Å². The molecule has 0 aliphatic heterocycles. The van der Waals surface area contributed by atoms with Crippen LogP contribution in [-0.2, 0) is 11.3 Å². The quantitative estimate of drug-likeness (QED) is 0.421. The number of benzene rings is 2. The minimum atomic E-state index is -9.75. The standard InChI is InChI=1S/C20H17F5N2O3S/c1-13(11-18(28)29)26-20(30)17-4-2-3-15-9-10-27(19(15)17)12-14-5-7-16(8-6-14)31(21,22,23,24)25/h2-10H,1,11-12H2,(H,26,30)(H,28,29). The Morgan fingerprint density at radius 3 is 2.23 bits per heavy atom. The smallest absolute Gasteiger partial charge is 0.310 e. The van der Waals surface area contributed by atoms with Gasteiger partial charge in [-0.05, 0) is 29.8 Å². The molecule has 0 spiro atoms. The monoisotopic (exact) mass is 460 g/mol. The normalized spacial score (nSPS) is 14.0. The Morgan fingerprint density at radius 1 is 1.00 bits per heavy atom. The summed E-state index contributed by atoms with van der Waals surface area (Å²) in [5.41, 5.74) is 0.936. The molecule has 1 aromatic heterocycles. The highest BCUT2D eigenvalue weighted by Crippen LogP contribution is 3.02. The number of carbonyl (C=O) groups is 2. The highest BCUT2D eigenvalue weighted by molar-refractivity contribution is 8.45. The van der Waals surface area contributed by atoms with Crippen molar-refractivity contribution in [1.29, 1.82) is 0 Å². The van der Waals surface area contributed by atoms with Crippen LogP contribution in [0, 0.1) is 0 Å². The third-order valence-electron chi connectivity index (χ3n) is 4.41. The molecule has 0 bridgehead atoms. The predicted octanol–water partition coefficient (Wildman–Crippen LogP) is 6.07. The SMILES string of the molecule is C=C(CC(=O)O)NC(=O)c1cccc2ccn(Cc3ccc(S(F)(F)(F)(F)F)cc3)c12. The van der Waals surface area contributed by atoms with Crippen molar-refractivity contribution < 1.29 is 34.1 Å². The van der Waals surface area contributed by atoms with Gasteiger partial charge in [0, 0.05) is 23.8 Å². The maximum Gasteiger partial charge on any atom is 0.310 e. The number of aromatic nitrogens is 1. The first kappa shape index (κ1) is 22.3. The van der Waals surface area contributed by atoms with Crippen molar-refractivity contribution >= 4 is 33.0 Å². The van der Waals surface area contributed by atoms with Crippen molar-refractivity contribution in [2.75, 3.05) is 0 Å². The van der Waals surface area contributed by atoms with E-state index in [0.29, 0.717) is 28.6 Å². The summed E-state index contributed by atoms with van der Waals surface area (Å²) in [7, 11) is -9.75. The number of fused-ring (bicyclic) bond motifs is 1. The van der Waals surface area contributed by atoms with E-state index in [9.17, 15) is 29.0 Å². The zero-order valence-corrected chi connectivity index (χ0v) is 16.6. The van der Waals surface area contributed by atoms with Gasteiger partial charge in [-0.2, -0.15) is 0 Å². The van der Waals surface area contributed by atoms with Crippen LogP contribution in [0.2, 0.25) is 0 Å². The summed E-state index contributed by atoms with van der Waals surface area (Å²) < 4.78 is 66.1. The number of carboxylic acids is 1. The van der Waals surface area contributed by atoms with Gasteiger partial charge < -0.3 is 15.0 Å². The molecule has 166 valence electrons. The van der Waals surface area contributed by atoms with E-state index in [1.54, 1.807) is 29.0 Å². The molecular weight excluding hydrogens is 443 g/mol. The van der Waals surface area contributed by atoms with Crippen LogP contribution in [0.15, 0.2) is 71.9 Å². The molecule has 0 aliphatic carbocycles. The van der Waals surface area contributed by atoms with Crippen molar-refractivity contribution in [3.8, 4) is 0 Å². The third-order valence-corrected chi connectivity index (χ3v) is 5.57. The Bertz CT molecular complexity index is 1200. The Morgan fingerprint density at radius 2 is 1.65 bits per heavy atom. The summed E-state index contributed by atoms with van der Waals surface area (Å²) >= 11 is 0. The molecular formula is C20H17F5N2O3S. The van der Waals surface area contributed by atoms with Gasteiger partial charge in [-0.25, -0.2) is 0 Å². The van der Waals surface area contributed by atoms with Gasteiger partial charge in [0.1, 0.15) is 4.90 Å². The van der Waals surface area contributed by atoms with Gasteiger partial charge in [-0.1, -0.05) is 50.3 Å². The molecule has 0 radical (unpaired) electrons. The highest BCUT2D eigenvalue weighted by atomic mass is 32.5. The maximum atomic E-state index is 12.9. The fraction of sp³-hybridized carbons (Fsp3) is 0.100.